The second-order valence-electron chi connectivity index (χ2n) is 4.46. The Kier molecular flexibility index (Phi) is 6.67. The molecule has 0 spiro atoms. The van der Waals surface area contributed by atoms with Gasteiger partial charge < -0.3 is 15.4 Å². The quantitative estimate of drug-likeness (QED) is 0.757. The Labute approximate surface area is 119 Å². The van der Waals surface area contributed by atoms with Gasteiger partial charge in [0, 0.05) is 18.7 Å². The molecule has 0 radical (unpaired) electrons. The molecular formula is C14H21ClN2O2. The molecule has 1 amide bonds. The van der Waals surface area contributed by atoms with Crippen LogP contribution in [0.4, 0.5) is 5.69 Å². The van der Waals surface area contributed by atoms with E-state index in [0.717, 1.165) is 6.54 Å². The number of carbonyl (C=O) groups is 1. The Bertz CT molecular complexity index is 422. The lowest BCUT2D eigenvalue weighted by atomic mass is 10.2. The number of amides is 1. The average molecular weight is 285 g/mol. The number of ether oxygens (including phenoxy) is 1. The molecule has 0 aliphatic carbocycles. The molecule has 0 aliphatic rings. The minimum absolute atomic E-state index is 0.0328. The number of anilines is 1. The van der Waals surface area contributed by atoms with Crippen molar-refractivity contribution < 1.29 is 9.53 Å². The second kappa shape index (κ2) is 8.02. The predicted octanol–water partition coefficient (Wildman–Crippen LogP) is 3.07. The molecule has 1 rings (SSSR count). The van der Waals surface area contributed by atoms with Crippen LogP contribution in [0.2, 0.25) is 5.02 Å². The highest BCUT2D eigenvalue weighted by atomic mass is 35.5. The Morgan fingerprint density at radius 2 is 2.16 bits per heavy atom. The van der Waals surface area contributed by atoms with Gasteiger partial charge in [-0.05, 0) is 38.6 Å². The Hall–Kier alpha value is -1.26. The summed E-state index contributed by atoms with van der Waals surface area (Å²) >= 11 is 6.10. The highest BCUT2D eigenvalue weighted by Gasteiger charge is 2.07. The molecule has 0 saturated carbocycles. The van der Waals surface area contributed by atoms with E-state index in [9.17, 15) is 4.79 Å². The molecule has 1 aromatic carbocycles. The van der Waals surface area contributed by atoms with Gasteiger partial charge in [-0.2, -0.15) is 0 Å². The van der Waals surface area contributed by atoms with E-state index in [4.69, 9.17) is 16.3 Å². The first-order valence-corrected chi connectivity index (χ1v) is 6.87. The van der Waals surface area contributed by atoms with Gasteiger partial charge in [0.2, 0.25) is 5.91 Å². The van der Waals surface area contributed by atoms with Crippen molar-refractivity contribution in [2.45, 2.75) is 33.3 Å². The van der Waals surface area contributed by atoms with Gasteiger partial charge in [-0.1, -0.05) is 18.5 Å². The summed E-state index contributed by atoms with van der Waals surface area (Å²) in [6, 6.07) is 5.25. The summed E-state index contributed by atoms with van der Waals surface area (Å²) < 4.78 is 5.53. The first kappa shape index (κ1) is 15.8. The second-order valence-corrected chi connectivity index (χ2v) is 4.87. The zero-order chi connectivity index (χ0) is 14.3. The molecule has 0 unspecified atom stereocenters. The van der Waals surface area contributed by atoms with Crippen LogP contribution in [0.3, 0.4) is 0 Å². The van der Waals surface area contributed by atoms with Gasteiger partial charge in [-0.25, -0.2) is 0 Å². The van der Waals surface area contributed by atoms with E-state index >= 15 is 0 Å². The van der Waals surface area contributed by atoms with E-state index in [0.29, 0.717) is 29.4 Å². The normalized spacial score (nSPS) is 10.6. The smallest absolute Gasteiger partial charge is 0.225 e. The van der Waals surface area contributed by atoms with Crippen LogP contribution in [0.5, 0.6) is 5.75 Å². The van der Waals surface area contributed by atoms with Crippen LogP contribution in [0.1, 0.15) is 27.2 Å². The molecule has 0 saturated heterocycles. The van der Waals surface area contributed by atoms with Crippen molar-refractivity contribution in [2.75, 3.05) is 18.4 Å². The van der Waals surface area contributed by atoms with E-state index in [1.54, 1.807) is 18.2 Å². The van der Waals surface area contributed by atoms with Crippen molar-refractivity contribution in [1.29, 1.82) is 0 Å². The lowest BCUT2D eigenvalue weighted by Gasteiger charge is -2.12. The molecule has 0 bridgehead atoms. The monoisotopic (exact) mass is 284 g/mol. The number of benzene rings is 1. The van der Waals surface area contributed by atoms with Crippen molar-refractivity contribution in [3.8, 4) is 5.75 Å². The Morgan fingerprint density at radius 1 is 1.42 bits per heavy atom. The summed E-state index contributed by atoms with van der Waals surface area (Å²) in [4.78, 5) is 11.6. The molecule has 0 aromatic heterocycles. The highest BCUT2D eigenvalue weighted by molar-refractivity contribution is 6.32. The molecule has 1 aromatic rings. The van der Waals surface area contributed by atoms with E-state index < -0.39 is 0 Å². The fourth-order valence-corrected chi connectivity index (χ4v) is 1.76. The molecular weight excluding hydrogens is 264 g/mol. The number of hydrogen-bond acceptors (Lipinski definition) is 3. The molecule has 0 heterocycles. The van der Waals surface area contributed by atoms with Crippen LogP contribution in [-0.4, -0.2) is 25.1 Å². The minimum atomic E-state index is -0.0328. The summed E-state index contributed by atoms with van der Waals surface area (Å²) in [6.45, 7) is 7.41. The topological polar surface area (TPSA) is 50.4 Å². The molecule has 0 aliphatic heterocycles. The third kappa shape index (κ3) is 5.94. The zero-order valence-corrected chi connectivity index (χ0v) is 12.4. The number of hydrogen-bond donors (Lipinski definition) is 2. The Morgan fingerprint density at radius 3 is 2.74 bits per heavy atom. The molecule has 0 atom stereocenters. The average Bonchev–Trinajstić information content (AvgIpc) is 2.32. The van der Waals surface area contributed by atoms with E-state index in [1.165, 1.54) is 0 Å². The number of nitrogens with one attached hydrogen (secondary N) is 2. The van der Waals surface area contributed by atoms with Gasteiger partial charge in [-0.3, -0.25) is 4.79 Å². The molecule has 19 heavy (non-hydrogen) atoms. The third-order valence-corrected chi connectivity index (χ3v) is 2.65. The van der Waals surface area contributed by atoms with Gasteiger partial charge in [-0.15, -0.1) is 0 Å². The van der Waals surface area contributed by atoms with Crippen molar-refractivity contribution in [3.63, 3.8) is 0 Å². The highest BCUT2D eigenvalue weighted by Crippen LogP contribution is 2.28. The zero-order valence-electron chi connectivity index (χ0n) is 11.6. The van der Waals surface area contributed by atoms with E-state index in [2.05, 4.69) is 10.6 Å². The standard InChI is InChI=1S/C14H21ClN2O2/c1-4-16-8-7-14(18)17-11-5-6-13(12(15)9-11)19-10(2)3/h5-6,9-10,16H,4,7-8H2,1-3H3,(H,17,18). The van der Waals surface area contributed by atoms with E-state index in [-0.39, 0.29) is 12.0 Å². The lowest BCUT2D eigenvalue weighted by molar-refractivity contribution is -0.116. The van der Waals surface area contributed by atoms with Crippen LogP contribution in [0.25, 0.3) is 0 Å². The van der Waals surface area contributed by atoms with Gasteiger partial charge in [0.25, 0.3) is 0 Å². The molecule has 4 nitrogen and oxygen atoms in total. The summed E-state index contributed by atoms with van der Waals surface area (Å²) in [6.07, 6.45) is 0.508. The van der Waals surface area contributed by atoms with Crippen LogP contribution >= 0.6 is 11.6 Å². The summed E-state index contributed by atoms with van der Waals surface area (Å²) in [7, 11) is 0. The van der Waals surface area contributed by atoms with E-state index in [1.807, 2.05) is 20.8 Å². The molecule has 2 N–H and O–H groups in total. The maximum absolute atomic E-state index is 11.6. The van der Waals surface area contributed by atoms with Gasteiger partial charge in [0.15, 0.2) is 0 Å². The number of halogens is 1. The van der Waals surface area contributed by atoms with Crippen LogP contribution in [-0.2, 0) is 4.79 Å². The SMILES string of the molecule is CCNCCC(=O)Nc1ccc(OC(C)C)c(Cl)c1. The largest absolute Gasteiger partial charge is 0.489 e. The van der Waals surface area contributed by atoms with Crippen molar-refractivity contribution in [1.82, 2.24) is 5.32 Å². The first-order valence-electron chi connectivity index (χ1n) is 6.49. The van der Waals surface area contributed by atoms with Gasteiger partial charge in [0.1, 0.15) is 5.75 Å². The fourth-order valence-electron chi connectivity index (χ4n) is 1.53. The molecule has 5 heteroatoms. The van der Waals surface area contributed by atoms with Crippen LogP contribution in [0, 0.1) is 0 Å². The fraction of sp³-hybridized carbons (Fsp3) is 0.500. The van der Waals surface area contributed by atoms with Crippen molar-refractivity contribution in [3.05, 3.63) is 23.2 Å². The van der Waals surface area contributed by atoms with Gasteiger partial charge in [0.05, 0.1) is 11.1 Å². The maximum atomic E-state index is 11.6. The number of rotatable bonds is 7. The first-order chi connectivity index (χ1) is 9.02. The number of carbonyl (C=O) groups excluding carboxylic acids is 1. The Balaban J connectivity index is 2.55. The summed E-state index contributed by atoms with van der Waals surface area (Å²) in [5, 5.41) is 6.40. The van der Waals surface area contributed by atoms with Crippen LogP contribution < -0.4 is 15.4 Å². The summed E-state index contributed by atoms with van der Waals surface area (Å²) in [5.41, 5.74) is 0.683. The van der Waals surface area contributed by atoms with Crippen LogP contribution in [0.15, 0.2) is 18.2 Å². The third-order valence-electron chi connectivity index (χ3n) is 2.36. The lowest BCUT2D eigenvalue weighted by Crippen LogP contribution is -2.21. The maximum Gasteiger partial charge on any atom is 0.225 e. The minimum Gasteiger partial charge on any atom is -0.489 e. The predicted molar refractivity (Wildman–Crippen MR) is 79.0 cm³/mol. The van der Waals surface area contributed by atoms with Gasteiger partial charge >= 0.3 is 0 Å². The van der Waals surface area contributed by atoms with Crippen molar-refractivity contribution in [2.24, 2.45) is 0 Å². The summed E-state index contributed by atoms with van der Waals surface area (Å²) in [5.74, 6) is 0.594. The van der Waals surface area contributed by atoms with Crippen molar-refractivity contribution >= 4 is 23.2 Å². The molecule has 0 fully saturated rings. The molecule has 106 valence electrons.